The summed E-state index contributed by atoms with van der Waals surface area (Å²) in [5.41, 5.74) is 0.207. The maximum Gasteiger partial charge on any atom is 0.242 e. The Morgan fingerprint density at radius 3 is 2.53 bits per heavy atom. The Labute approximate surface area is 114 Å². The summed E-state index contributed by atoms with van der Waals surface area (Å²) in [4.78, 5) is 0.229. The van der Waals surface area contributed by atoms with E-state index in [0.29, 0.717) is 18.2 Å². The van der Waals surface area contributed by atoms with Crippen LogP contribution in [0.5, 0.6) is 0 Å². The summed E-state index contributed by atoms with van der Waals surface area (Å²) >= 11 is 0. The van der Waals surface area contributed by atoms with E-state index >= 15 is 0 Å². The molecule has 1 heterocycles. The van der Waals surface area contributed by atoms with Crippen molar-refractivity contribution >= 4 is 10.0 Å². The highest BCUT2D eigenvalue weighted by atomic mass is 32.2. The van der Waals surface area contributed by atoms with Gasteiger partial charge in [0.15, 0.2) is 0 Å². The number of hydrogen-bond acceptors (Lipinski definition) is 3. The van der Waals surface area contributed by atoms with Crippen molar-refractivity contribution in [1.82, 2.24) is 9.29 Å². The van der Waals surface area contributed by atoms with E-state index in [4.69, 9.17) is 0 Å². The van der Waals surface area contributed by atoms with E-state index < -0.39 is 15.6 Å². The molecule has 0 aliphatic heterocycles. The van der Waals surface area contributed by atoms with E-state index in [1.807, 2.05) is 20.8 Å². The van der Waals surface area contributed by atoms with E-state index in [1.54, 1.807) is 10.8 Å². The number of aliphatic hydroxyl groups excluding tert-OH is 1. The number of rotatable bonds is 6. The van der Waals surface area contributed by atoms with Crippen molar-refractivity contribution in [2.45, 2.75) is 57.2 Å². The molecule has 0 bridgehead atoms. The monoisotopic (exact) mass is 286 g/mol. The highest BCUT2D eigenvalue weighted by molar-refractivity contribution is 7.89. The average Bonchev–Trinajstić information content (AvgIpc) is 3.08. The Morgan fingerprint density at radius 2 is 2.11 bits per heavy atom. The molecule has 0 unspecified atom stereocenters. The van der Waals surface area contributed by atoms with Gasteiger partial charge in [0.05, 0.1) is 11.5 Å². The standard InChI is InChI=1S/C13H22N2O3S/c1-4-15-8-12(7-11(15)9-16)19(17,18)14-13(2,3)10-5-6-10/h7-8,10,14,16H,4-6,9H2,1-3H3. The number of nitrogens with zero attached hydrogens (tertiary/aromatic N) is 1. The quantitative estimate of drug-likeness (QED) is 0.832. The van der Waals surface area contributed by atoms with E-state index in [9.17, 15) is 13.5 Å². The molecule has 1 aliphatic rings. The zero-order valence-electron chi connectivity index (χ0n) is 11.7. The second-order valence-corrected chi connectivity index (χ2v) is 7.40. The van der Waals surface area contributed by atoms with E-state index in [2.05, 4.69) is 4.72 Å². The van der Waals surface area contributed by atoms with E-state index in [-0.39, 0.29) is 11.5 Å². The van der Waals surface area contributed by atoms with Gasteiger partial charge in [-0.25, -0.2) is 13.1 Å². The molecule has 5 nitrogen and oxygen atoms in total. The van der Waals surface area contributed by atoms with Gasteiger partial charge in [-0.2, -0.15) is 0 Å². The third kappa shape index (κ3) is 3.01. The van der Waals surface area contributed by atoms with Gasteiger partial charge in [-0.1, -0.05) is 0 Å². The highest BCUT2D eigenvalue weighted by Gasteiger charge is 2.40. The minimum absolute atomic E-state index is 0.157. The molecule has 1 aromatic heterocycles. The van der Waals surface area contributed by atoms with Gasteiger partial charge in [-0.15, -0.1) is 0 Å². The van der Waals surface area contributed by atoms with Crippen LogP contribution in [0.2, 0.25) is 0 Å². The molecule has 0 spiro atoms. The SMILES string of the molecule is CCn1cc(S(=O)(=O)NC(C)(C)C2CC2)cc1CO. The molecule has 108 valence electrons. The molecule has 1 aliphatic carbocycles. The lowest BCUT2D eigenvalue weighted by Gasteiger charge is -2.25. The van der Waals surface area contributed by atoms with Crippen molar-refractivity contribution in [2.24, 2.45) is 5.92 Å². The number of aliphatic hydroxyl groups is 1. The van der Waals surface area contributed by atoms with Crippen molar-refractivity contribution in [3.8, 4) is 0 Å². The first-order valence-corrected chi connectivity index (χ1v) is 8.12. The van der Waals surface area contributed by atoms with Gasteiger partial charge in [0, 0.05) is 24.0 Å². The normalized spacial score (nSPS) is 16.8. The third-order valence-electron chi connectivity index (χ3n) is 3.77. The molecule has 19 heavy (non-hydrogen) atoms. The van der Waals surface area contributed by atoms with Crippen molar-refractivity contribution < 1.29 is 13.5 Å². The average molecular weight is 286 g/mol. The number of hydrogen-bond donors (Lipinski definition) is 2. The van der Waals surface area contributed by atoms with Gasteiger partial charge in [0.2, 0.25) is 10.0 Å². The summed E-state index contributed by atoms with van der Waals surface area (Å²) in [5.74, 6) is 0.424. The van der Waals surface area contributed by atoms with Gasteiger partial charge >= 0.3 is 0 Å². The number of aryl methyl sites for hydroxylation is 1. The smallest absolute Gasteiger partial charge is 0.242 e. The molecule has 0 saturated heterocycles. The summed E-state index contributed by atoms with van der Waals surface area (Å²) in [6.45, 7) is 6.24. The Bertz CT molecular complexity index is 535. The fraction of sp³-hybridized carbons (Fsp3) is 0.692. The lowest BCUT2D eigenvalue weighted by molar-refractivity contribution is 0.271. The Balaban J connectivity index is 2.26. The van der Waals surface area contributed by atoms with Crippen LogP contribution in [0, 0.1) is 5.92 Å². The maximum atomic E-state index is 12.4. The van der Waals surface area contributed by atoms with Gasteiger partial charge < -0.3 is 9.67 Å². The summed E-state index contributed by atoms with van der Waals surface area (Å²) < 4.78 is 29.3. The number of nitrogens with one attached hydrogen (secondary N) is 1. The number of sulfonamides is 1. The molecular formula is C13H22N2O3S. The summed E-state index contributed by atoms with van der Waals surface area (Å²) in [6.07, 6.45) is 3.73. The summed E-state index contributed by atoms with van der Waals surface area (Å²) in [5, 5.41) is 9.22. The zero-order valence-corrected chi connectivity index (χ0v) is 12.5. The fourth-order valence-electron chi connectivity index (χ4n) is 2.39. The van der Waals surface area contributed by atoms with Gasteiger partial charge in [-0.3, -0.25) is 0 Å². The van der Waals surface area contributed by atoms with Crippen LogP contribution >= 0.6 is 0 Å². The van der Waals surface area contributed by atoms with Crippen LogP contribution in [0.3, 0.4) is 0 Å². The van der Waals surface area contributed by atoms with Crippen LogP contribution < -0.4 is 4.72 Å². The predicted molar refractivity (Wildman–Crippen MR) is 73.2 cm³/mol. The van der Waals surface area contributed by atoms with Gasteiger partial charge in [0.1, 0.15) is 0 Å². The molecule has 0 radical (unpaired) electrons. The highest BCUT2D eigenvalue weighted by Crippen LogP contribution is 2.40. The first-order valence-electron chi connectivity index (χ1n) is 6.64. The van der Waals surface area contributed by atoms with Crippen molar-refractivity contribution in [3.63, 3.8) is 0 Å². The summed E-state index contributed by atoms with van der Waals surface area (Å²) in [7, 11) is -3.53. The van der Waals surface area contributed by atoms with Crippen molar-refractivity contribution in [3.05, 3.63) is 18.0 Å². The van der Waals surface area contributed by atoms with Crippen LogP contribution in [-0.2, 0) is 23.2 Å². The molecule has 6 heteroatoms. The lowest BCUT2D eigenvalue weighted by atomic mass is 10.0. The zero-order chi connectivity index (χ0) is 14.3. The molecule has 0 amide bonds. The minimum atomic E-state index is -3.53. The topological polar surface area (TPSA) is 71.3 Å². The molecule has 2 rings (SSSR count). The molecule has 0 aromatic carbocycles. The molecule has 0 atom stereocenters. The van der Waals surface area contributed by atoms with Crippen molar-refractivity contribution in [2.75, 3.05) is 0 Å². The Morgan fingerprint density at radius 1 is 1.47 bits per heavy atom. The second kappa shape index (κ2) is 4.92. The van der Waals surface area contributed by atoms with Gasteiger partial charge in [-0.05, 0) is 45.6 Å². The van der Waals surface area contributed by atoms with Crippen LogP contribution in [0.4, 0.5) is 0 Å². The Kier molecular flexibility index (Phi) is 3.77. The van der Waals surface area contributed by atoms with Crippen LogP contribution in [-0.4, -0.2) is 23.6 Å². The largest absolute Gasteiger partial charge is 0.390 e. The van der Waals surface area contributed by atoms with Crippen LogP contribution in [0.1, 0.15) is 39.3 Å². The second-order valence-electron chi connectivity index (χ2n) is 5.71. The first kappa shape index (κ1) is 14.6. The van der Waals surface area contributed by atoms with Crippen LogP contribution in [0.25, 0.3) is 0 Å². The van der Waals surface area contributed by atoms with E-state index in [1.165, 1.54) is 6.07 Å². The molecule has 1 saturated carbocycles. The molecule has 1 aromatic rings. The predicted octanol–water partition coefficient (Wildman–Crippen LogP) is 1.47. The van der Waals surface area contributed by atoms with Gasteiger partial charge in [0.25, 0.3) is 0 Å². The Hall–Kier alpha value is -0.850. The third-order valence-corrected chi connectivity index (χ3v) is 5.41. The molecule has 1 fully saturated rings. The molecule has 2 N–H and O–H groups in total. The maximum absolute atomic E-state index is 12.4. The minimum Gasteiger partial charge on any atom is -0.390 e. The lowest BCUT2D eigenvalue weighted by Crippen LogP contribution is -2.44. The molecular weight excluding hydrogens is 264 g/mol. The number of aromatic nitrogens is 1. The van der Waals surface area contributed by atoms with Crippen molar-refractivity contribution in [1.29, 1.82) is 0 Å². The van der Waals surface area contributed by atoms with E-state index in [0.717, 1.165) is 12.8 Å². The van der Waals surface area contributed by atoms with Crippen LogP contribution in [0.15, 0.2) is 17.2 Å². The fourth-order valence-corrected chi connectivity index (χ4v) is 3.93. The summed E-state index contributed by atoms with van der Waals surface area (Å²) in [6, 6.07) is 1.54. The first-order chi connectivity index (χ1) is 8.80.